The first-order valence-corrected chi connectivity index (χ1v) is 5.45. The Balaban J connectivity index is 2.07. The number of hydrogen-bond donors (Lipinski definition) is 1. The van der Waals surface area contributed by atoms with Gasteiger partial charge in [-0.3, -0.25) is 4.98 Å². The van der Waals surface area contributed by atoms with Crippen LogP contribution in [0.5, 0.6) is 11.5 Å². The van der Waals surface area contributed by atoms with Crippen LogP contribution >= 0.6 is 0 Å². The molecule has 2 heterocycles. The van der Waals surface area contributed by atoms with Gasteiger partial charge in [-0.05, 0) is 30.3 Å². The standard InChI is InChI=1S/C13H12N2O2/c14-10-2-1-5-15-13(10)9-3-4-11-12(8-9)17-7-6-16-11/h1-5,8H,6-7,14H2. The van der Waals surface area contributed by atoms with Gasteiger partial charge in [-0.2, -0.15) is 0 Å². The number of fused-ring (bicyclic) bond motifs is 1. The van der Waals surface area contributed by atoms with Crippen molar-refractivity contribution in [3.8, 4) is 22.8 Å². The highest BCUT2D eigenvalue weighted by atomic mass is 16.6. The number of pyridine rings is 1. The molecule has 1 aromatic heterocycles. The van der Waals surface area contributed by atoms with E-state index in [2.05, 4.69) is 4.98 Å². The zero-order valence-electron chi connectivity index (χ0n) is 9.22. The summed E-state index contributed by atoms with van der Waals surface area (Å²) in [5, 5.41) is 0. The summed E-state index contributed by atoms with van der Waals surface area (Å²) in [7, 11) is 0. The van der Waals surface area contributed by atoms with Crippen LogP contribution in [-0.4, -0.2) is 18.2 Å². The largest absolute Gasteiger partial charge is 0.486 e. The maximum Gasteiger partial charge on any atom is 0.162 e. The molecular formula is C13H12N2O2. The Hall–Kier alpha value is -2.23. The Morgan fingerprint density at radius 3 is 2.71 bits per heavy atom. The second kappa shape index (κ2) is 3.97. The van der Waals surface area contributed by atoms with Crippen LogP contribution in [0.2, 0.25) is 0 Å². The molecule has 0 amide bonds. The Morgan fingerprint density at radius 2 is 1.88 bits per heavy atom. The lowest BCUT2D eigenvalue weighted by molar-refractivity contribution is 0.171. The van der Waals surface area contributed by atoms with Gasteiger partial charge in [-0.25, -0.2) is 0 Å². The molecule has 86 valence electrons. The highest BCUT2D eigenvalue weighted by Gasteiger charge is 2.13. The molecule has 0 unspecified atom stereocenters. The lowest BCUT2D eigenvalue weighted by Gasteiger charge is -2.18. The van der Waals surface area contributed by atoms with E-state index in [-0.39, 0.29) is 0 Å². The fourth-order valence-corrected chi connectivity index (χ4v) is 1.85. The second-order valence-electron chi connectivity index (χ2n) is 3.80. The van der Waals surface area contributed by atoms with Crippen molar-refractivity contribution in [2.24, 2.45) is 0 Å². The molecule has 0 saturated heterocycles. The first-order valence-electron chi connectivity index (χ1n) is 5.45. The normalized spacial score (nSPS) is 13.4. The van der Waals surface area contributed by atoms with Crippen molar-refractivity contribution in [3.63, 3.8) is 0 Å². The molecule has 0 radical (unpaired) electrons. The van der Waals surface area contributed by atoms with E-state index in [1.165, 1.54) is 0 Å². The number of rotatable bonds is 1. The molecule has 17 heavy (non-hydrogen) atoms. The number of aromatic nitrogens is 1. The summed E-state index contributed by atoms with van der Waals surface area (Å²) in [5.74, 6) is 1.52. The third-order valence-corrected chi connectivity index (χ3v) is 2.65. The monoisotopic (exact) mass is 228 g/mol. The van der Waals surface area contributed by atoms with Crippen LogP contribution in [0.1, 0.15) is 0 Å². The van der Waals surface area contributed by atoms with E-state index >= 15 is 0 Å². The van der Waals surface area contributed by atoms with Crippen molar-refractivity contribution in [1.82, 2.24) is 4.98 Å². The average molecular weight is 228 g/mol. The molecule has 0 atom stereocenters. The van der Waals surface area contributed by atoms with Crippen molar-refractivity contribution in [2.45, 2.75) is 0 Å². The lowest BCUT2D eigenvalue weighted by atomic mass is 10.1. The minimum Gasteiger partial charge on any atom is -0.486 e. The molecule has 2 N–H and O–H groups in total. The third-order valence-electron chi connectivity index (χ3n) is 2.65. The molecule has 0 saturated carbocycles. The van der Waals surface area contributed by atoms with Gasteiger partial charge in [0.2, 0.25) is 0 Å². The van der Waals surface area contributed by atoms with Gasteiger partial charge in [0.15, 0.2) is 11.5 Å². The maximum atomic E-state index is 5.89. The minimum absolute atomic E-state index is 0.578. The molecular weight excluding hydrogens is 216 g/mol. The molecule has 0 fully saturated rings. The highest BCUT2D eigenvalue weighted by Crippen LogP contribution is 2.35. The van der Waals surface area contributed by atoms with Gasteiger partial charge in [0.1, 0.15) is 13.2 Å². The molecule has 3 rings (SSSR count). The summed E-state index contributed by atoms with van der Waals surface area (Å²) < 4.78 is 11.0. The van der Waals surface area contributed by atoms with Gasteiger partial charge in [-0.15, -0.1) is 0 Å². The summed E-state index contributed by atoms with van der Waals surface area (Å²) in [6.45, 7) is 1.17. The molecule has 1 aromatic carbocycles. The van der Waals surface area contributed by atoms with E-state index in [1.54, 1.807) is 6.20 Å². The molecule has 0 aliphatic carbocycles. The van der Waals surface area contributed by atoms with Crippen LogP contribution in [0.25, 0.3) is 11.3 Å². The quantitative estimate of drug-likeness (QED) is 0.812. The van der Waals surface area contributed by atoms with Crippen molar-refractivity contribution >= 4 is 5.69 Å². The summed E-state index contributed by atoms with van der Waals surface area (Å²) in [5.41, 5.74) is 8.26. The Labute approximate surface area is 99.0 Å². The fraction of sp³-hybridized carbons (Fsp3) is 0.154. The van der Waals surface area contributed by atoms with E-state index < -0.39 is 0 Å². The molecule has 1 aliphatic rings. The first kappa shape index (κ1) is 9.96. The van der Waals surface area contributed by atoms with Gasteiger partial charge in [0, 0.05) is 11.8 Å². The van der Waals surface area contributed by atoms with Crippen LogP contribution in [0.4, 0.5) is 5.69 Å². The Morgan fingerprint density at radius 1 is 1.06 bits per heavy atom. The van der Waals surface area contributed by atoms with Crippen LogP contribution in [0.3, 0.4) is 0 Å². The number of nitrogens with two attached hydrogens (primary N) is 1. The molecule has 2 aromatic rings. The van der Waals surface area contributed by atoms with Crippen molar-refractivity contribution in [3.05, 3.63) is 36.5 Å². The van der Waals surface area contributed by atoms with Crippen LogP contribution in [0.15, 0.2) is 36.5 Å². The number of benzene rings is 1. The Bertz CT molecular complexity index is 555. The van der Waals surface area contributed by atoms with Crippen LogP contribution in [-0.2, 0) is 0 Å². The van der Waals surface area contributed by atoms with Gasteiger partial charge in [0.25, 0.3) is 0 Å². The van der Waals surface area contributed by atoms with Crippen molar-refractivity contribution < 1.29 is 9.47 Å². The third kappa shape index (κ3) is 1.78. The topological polar surface area (TPSA) is 57.4 Å². The van der Waals surface area contributed by atoms with E-state index in [0.717, 1.165) is 22.8 Å². The van der Waals surface area contributed by atoms with Gasteiger partial charge in [0.05, 0.1) is 11.4 Å². The van der Waals surface area contributed by atoms with Crippen molar-refractivity contribution in [2.75, 3.05) is 18.9 Å². The average Bonchev–Trinajstić information content (AvgIpc) is 2.39. The Kier molecular flexibility index (Phi) is 2.33. The van der Waals surface area contributed by atoms with E-state index in [9.17, 15) is 0 Å². The molecule has 1 aliphatic heterocycles. The SMILES string of the molecule is Nc1cccnc1-c1ccc2c(c1)OCCO2. The van der Waals surface area contributed by atoms with E-state index in [4.69, 9.17) is 15.2 Å². The summed E-state index contributed by atoms with van der Waals surface area (Å²) in [4.78, 5) is 4.28. The number of hydrogen-bond acceptors (Lipinski definition) is 4. The van der Waals surface area contributed by atoms with Gasteiger partial charge in [-0.1, -0.05) is 0 Å². The van der Waals surface area contributed by atoms with Crippen LogP contribution in [0, 0.1) is 0 Å². The summed E-state index contributed by atoms with van der Waals surface area (Å²) in [6, 6.07) is 9.38. The predicted molar refractivity (Wildman–Crippen MR) is 65.1 cm³/mol. The number of anilines is 1. The van der Waals surface area contributed by atoms with Crippen molar-refractivity contribution in [1.29, 1.82) is 0 Å². The summed E-state index contributed by atoms with van der Waals surface area (Å²) >= 11 is 0. The molecule has 0 bridgehead atoms. The van der Waals surface area contributed by atoms with E-state index in [1.807, 2.05) is 30.3 Å². The molecule has 0 spiro atoms. The van der Waals surface area contributed by atoms with Gasteiger partial charge < -0.3 is 15.2 Å². The lowest BCUT2D eigenvalue weighted by Crippen LogP contribution is -2.15. The first-order chi connectivity index (χ1) is 8.34. The second-order valence-corrected chi connectivity index (χ2v) is 3.80. The minimum atomic E-state index is 0.578. The number of nitrogen functional groups attached to an aromatic ring is 1. The zero-order chi connectivity index (χ0) is 11.7. The smallest absolute Gasteiger partial charge is 0.162 e. The molecule has 4 heteroatoms. The highest BCUT2D eigenvalue weighted by molar-refractivity contribution is 5.74. The zero-order valence-corrected chi connectivity index (χ0v) is 9.22. The van der Waals surface area contributed by atoms with Gasteiger partial charge >= 0.3 is 0 Å². The maximum absolute atomic E-state index is 5.89. The number of ether oxygens (including phenoxy) is 2. The fourth-order valence-electron chi connectivity index (χ4n) is 1.85. The van der Waals surface area contributed by atoms with E-state index in [0.29, 0.717) is 18.9 Å². The molecule has 4 nitrogen and oxygen atoms in total. The number of nitrogens with zero attached hydrogens (tertiary/aromatic N) is 1. The predicted octanol–water partition coefficient (Wildman–Crippen LogP) is 2.10. The van der Waals surface area contributed by atoms with Crippen LogP contribution < -0.4 is 15.2 Å². The summed E-state index contributed by atoms with van der Waals surface area (Å²) in [6.07, 6.45) is 1.72.